The van der Waals surface area contributed by atoms with Crippen LogP contribution in [0.2, 0.25) is 0 Å². The van der Waals surface area contributed by atoms with E-state index < -0.39 is 0 Å². The lowest BCUT2D eigenvalue weighted by molar-refractivity contribution is -0.175. The lowest BCUT2D eigenvalue weighted by Gasteiger charge is -2.54. The Morgan fingerprint density at radius 1 is 1.08 bits per heavy atom. The quantitative estimate of drug-likeness (QED) is 0.638. The highest BCUT2D eigenvalue weighted by Crippen LogP contribution is 2.63. The van der Waals surface area contributed by atoms with E-state index in [-0.39, 0.29) is 22.4 Å². The minimum absolute atomic E-state index is 0.0370. The molecule has 0 bridgehead atoms. The molecule has 4 aliphatic carbocycles. The first-order valence-electron chi connectivity index (χ1n) is 10.3. The first kappa shape index (κ1) is 16.9. The molecule has 1 saturated heterocycles. The largest absolute Gasteiger partial charge is 0.347 e. The smallest absolute Gasteiger partial charge is 0.172 e. The van der Waals surface area contributed by atoms with Gasteiger partial charge in [0, 0.05) is 23.7 Å². The molecule has 0 aromatic rings. The highest BCUT2D eigenvalue weighted by Gasteiger charge is 2.56. The Labute approximate surface area is 156 Å². The molecular weight excluding hydrogens is 324 g/mol. The Kier molecular flexibility index (Phi) is 3.53. The maximum absolute atomic E-state index is 12.2. The summed E-state index contributed by atoms with van der Waals surface area (Å²) in [6.07, 6.45) is 13.4. The zero-order chi connectivity index (χ0) is 18.2. The predicted molar refractivity (Wildman–Crippen MR) is 100 cm³/mol. The van der Waals surface area contributed by atoms with Crippen molar-refractivity contribution < 1.29 is 14.3 Å². The number of carbonyl (C=O) groups is 1. The Hall–Kier alpha value is -1.19. The van der Waals surface area contributed by atoms with Gasteiger partial charge in [-0.05, 0) is 50.0 Å². The van der Waals surface area contributed by atoms with Gasteiger partial charge in [-0.3, -0.25) is 4.79 Å². The summed E-state index contributed by atoms with van der Waals surface area (Å²) in [6, 6.07) is 0. The fourth-order valence-corrected chi connectivity index (χ4v) is 6.78. The third-order valence-corrected chi connectivity index (χ3v) is 8.26. The Balaban J connectivity index is 1.49. The summed E-state index contributed by atoms with van der Waals surface area (Å²) in [7, 11) is 0. The fourth-order valence-electron chi connectivity index (χ4n) is 6.78. The predicted octanol–water partition coefficient (Wildman–Crippen LogP) is 4.74. The molecule has 0 radical (unpaired) electrons. The summed E-state index contributed by atoms with van der Waals surface area (Å²) >= 11 is 0. The zero-order valence-corrected chi connectivity index (χ0v) is 16.3. The van der Waals surface area contributed by atoms with Gasteiger partial charge in [0.15, 0.2) is 11.6 Å². The number of hydrogen-bond donors (Lipinski definition) is 0. The van der Waals surface area contributed by atoms with Crippen molar-refractivity contribution in [1.29, 1.82) is 0 Å². The van der Waals surface area contributed by atoms with Crippen LogP contribution in [-0.2, 0) is 14.3 Å². The summed E-state index contributed by atoms with van der Waals surface area (Å²) in [6.45, 7) is 7.96. The highest BCUT2D eigenvalue weighted by atomic mass is 16.7. The molecule has 1 saturated carbocycles. The number of hydrogen-bond acceptors (Lipinski definition) is 3. The van der Waals surface area contributed by atoms with Crippen LogP contribution >= 0.6 is 0 Å². The van der Waals surface area contributed by atoms with Crippen molar-refractivity contribution in [3.63, 3.8) is 0 Å². The molecular formula is C23H30O3. The van der Waals surface area contributed by atoms with Crippen molar-refractivity contribution in [1.82, 2.24) is 0 Å². The lowest BCUT2D eigenvalue weighted by atomic mass is 9.51. The van der Waals surface area contributed by atoms with E-state index in [9.17, 15) is 4.79 Å². The Morgan fingerprint density at radius 2 is 1.85 bits per heavy atom. The van der Waals surface area contributed by atoms with Crippen LogP contribution in [0.25, 0.3) is 0 Å². The monoisotopic (exact) mass is 354 g/mol. The summed E-state index contributed by atoms with van der Waals surface area (Å²) < 4.78 is 12.0. The molecule has 1 spiro atoms. The zero-order valence-electron chi connectivity index (χ0n) is 16.3. The molecule has 0 unspecified atom stereocenters. The van der Waals surface area contributed by atoms with Gasteiger partial charge < -0.3 is 9.47 Å². The first-order valence-corrected chi connectivity index (χ1v) is 10.3. The van der Waals surface area contributed by atoms with E-state index >= 15 is 0 Å². The second kappa shape index (κ2) is 5.42. The average molecular weight is 354 g/mol. The molecule has 1 heterocycles. The van der Waals surface area contributed by atoms with Crippen LogP contribution in [-0.4, -0.2) is 24.8 Å². The standard InChI is InChI=1S/C23H30O3/c1-15(24)18-6-7-19-17-5-4-16-14-23(25-12-13-26-23)11-10-21(16,2)20(17)8-9-22(18,19)3/h4,6,8,17,19H,5,7,9-14H2,1-3H3/t17-,19-,21-,22+/m0/s1. The SMILES string of the molecule is CC(=O)C1=CC[C@H]2[C@@H]3CC=C4CC5(CC[C@]4(C)C3=CC[C@]12C)OCCO5. The summed E-state index contributed by atoms with van der Waals surface area (Å²) in [5.41, 5.74) is 4.44. The third-order valence-electron chi connectivity index (χ3n) is 8.26. The van der Waals surface area contributed by atoms with Crippen molar-refractivity contribution in [3.8, 4) is 0 Å². The van der Waals surface area contributed by atoms with E-state index in [2.05, 4.69) is 32.1 Å². The summed E-state index contributed by atoms with van der Waals surface area (Å²) in [5.74, 6) is 1.07. The number of carbonyl (C=O) groups excluding carboxylic acids is 1. The number of allylic oxidation sites excluding steroid dienone is 5. The molecule has 0 amide bonds. The molecule has 26 heavy (non-hydrogen) atoms. The first-order chi connectivity index (χ1) is 12.4. The number of rotatable bonds is 1. The Bertz CT molecular complexity index is 751. The summed E-state index contributed by atoms with van der Waals surface area (Å²) in [5, 5.41) is 0. The highest BCUT2D eigenvalue weighted by molar-refractivity contribution is 5.95. The molecule has 4 atom stereocenters. The molecule has 3 heteroatoms. The van der Waals surface area contributed by atoms with Gasteiger partial charge in [-0.25, -0.2) is 0 Å². The fraction of sp³-hybridized carbons (Fsp3) is 0.696. The van der Waals surface area contributed by atoms with Crippen LogP contribution in [0.3, 0.4) is 0 Å². The van der Waals surface area contributed by atoms with E-state index in [4.69, 9.17) is 9.47 Å². The van der Waals surface area contributed by atoms with Gasteiger partial charge in [-0.2, -0.15) is 0 Å². The second-order valence-electron chi connectivity index (χ2n) is 9.49. The maximum atomic E-state index is 12.2. The van der Waals surface area contributed by atoms with Gasteiger partial charge >= 0.3 is 0 Å². The van der Waals surface area contributed by atoms with Crippen molar-refractivity contribution in [2.75, 3.05) is 13.2 Å². The number of Topliss-reactive ketones (excluding diaryl/α,β-unsaturated/α-hetero) is 1. The van der Waals surface area contributed by atoms with E-state index in [1.165, 1.54) is 5.57 Å². The van der Waals surface area contributed by atoms with E-state index in [0.717, 1.165) is 57.3 Å². The van der Waals surface area contributed by atoms with Crippen LogP contribution in [0.5, 0.6) is 0 Å². The Morgan fingerprint density at radius 3 is 2.58 bits per heavy atom. The lowest BCUT2D eigenvalue weighted by Crippen LogP contribution is -2.47. The van der Waals surface area contributed by atoms with Gasteiger partial charge in [-0.1, -0.05) is 43.2 Å². The van der Waals surface area contributed by atoms with Gasteiger partial charge in [0.1, 0.15) is 0 Å². The van der Waals surface area contributed by atoms with Crippen molar-refractivity contribution in [2.45, 2.75) is 65.1 Å². The molecule has 3 nitrogen and oxygen atoms in total. The van der Waals surface area contributed by atoms with Crippen LogP contribution in [0.4, 0.5) is 0 Å². The van der Waals surface area contributed by atoms with Crippen LogP contribution in [0.1, 0.15) is 59.3 Å². The topological polar surface area (TPSA) is 35.5 Å². The molecule has 2 fully saturated rings. The second-order valence-corrected chi connectivity index (χ2v) is 9.49. The molecule has 1 aliphatic heterocycles. The number of ether oxygens (including phenoxy) is 2. The molecule has 5 aliphatic rings. The third kappa shape index (κ3) is 2.10. The van der Waals surface area contributed by atoms with Crippen molar-refractivity contribution in [2.24, 2.45) is 22.7 Å². The average Bonchev–Trinajstić information content (AvgIpc) is 3.20. The van der Waals surface area contributed by atoms with Gasteiger partial charge in [0.25, 0.3) is 0 Å². The van der Waals surface area contributed by atoms with E-state index in [0.29, 0.717) is 11.8 Å². The van der Waals surface area contributed by atoms with Crippen LogP contribution in [0, 0.1) is 22.7 Å². The van der Waals surface area contributed by atoms with Crippen LogP contribution in [0.15, 0.2) is 34.9 Å². The van der Waals surface area contributed by atoms with Crippen molar-refractivity contribution >= 4 is 5.78 Å². The minimum atomic E-state index is -0.349. The van der Waals surface area contributed by atoms with E-state index in [1.807, 2.05) is 0 Å². The molecule has 0 aromatic heterocycles. The van der Waals surface area contributed by atoms with Gasteiger partial charge in [0.2, 0.25) is 0 Å². The van der Waals surface area contributed by atoms with Crippen LogP contribution < -0.4 is 0 Å². The van der Waals surface area contributed by atoms with E-state index in [1.54, 1.807) is 12.5 Å². The maximum Gasteiger partial charge on any atom is 0.172 e. The van der Waals surface area contributed by atoms with Gasteiger partial charge in [-0.15, -0.1) is 0 Å². The van der Waals surface area contributed by atoms with Crippen molar-refractivity contribution in [3.05, 3.63) is 34.9 Å². The molecule has 0 N–H and O–H groups in total. The molecule has 0 aromatic carbocycles. The summed E-state index contributed by atoms with van der Waals surface area (Å²) in [4.78, 5) is 12.2. The van der Waals surface area contributed by atoms with Gasteiger partial charge in [0.05, 0.1) is 13.2 Å². The minimum Gasteiger partial charge on any atom is -0.347 e. The number of ketones is 1. The normalized spacial score (nSPS) is 43.1. The molecule has 5 rings (SSSR count). The number of fused-ring (bicyclic) bond motifs is 5. The molecule has 140 valence electrons.